The third kappa shape index (κ3) is 4.69. The van der Waals surface area contributed by atoms with Gasteiger partial charge in [0.2, 0.25) is 0 Å². The fourth-order valence-corrected chi connectivity index (χ4v) is 5.47. The quantitative estimate of drug-likeness (QED) is 0.621. The van der Waals surface area contributed by atoms with Gasteiger partial charge in [-0.2, -0.15) is 0 Å². The molecular formula is C22H24FN3OS2. The Balaban J connectivity index is 1.45. The molecule has 1 aliphatic heterocycles. The Morgan fingerprint density at radius 2 is 1.69 bits per heavy atom. The van der Waals surface area contributed by atoms with Crippen molar-refractivity contribution in [3.63, 3.8) is 0 Å². The van der Waals surface area contributed by atoms with Gasteiger partial charge in [-0.05, 0) is 54.1 Å². The van der Waals surface area contributed by atoms with Crippen molar-refractivity contribution >= 4 is 34.3 Å². The van der Waals surface area contributed by atoms with Gasteiger partial charge in [0.05, 0.1) is 10.9 Å². The first kappa shape index (κ1) is 20.1. The fraction of sp³-hybridized carbons (Fsp3) is 0.318. The number of nitrogens with zero attached hydrogens (tertiary/aromatic N) is 2. The number of anilines is 1. The Morgan fingerprint density at radius 1 is 1.00 bits per heavy atom. The lowest BCUT2D eigenvalue weighted by Gasteiger charge is -2.42. The van der Waals surface area contributed by atoms with E-state index in [1.165, 1.54) is 28.3 Å². The molecule has 0 aliphatic carbocycles. The summed E-state index contributed by atoms with van der Waals surface area (Å²) in [6.45, 7) is 5.61. The number of piperazine rings is 1. The van der Waals surface area contributed by atoms with E-state index >= 15 is 0 Å². The fourth-order valence-electron chi connectivity index (χ4n) is 3.88. The molecule has 0 saturated carbocycles. The van der Waals surface area contributed by atoms with Gasteiger partial charge >= 0.3 is 0 Å². The molecule has 0 unspecified atom stereocenters. The van der Waals surface area contributed by atoms with Crippen molar-refractivity contribution in [3.05, 3.63) is 74.9 Å². The molecule has 0 bridgehead atoms. The first-order valence-electron chi connectivity index (χ1n) is 9.74. The predicted molar refractivity (Wildman–Crippen MR) is 118 cm³/mol. The summed E-state index contributed by atoms with van der Waals surface area (Å²) in [5.74, 6) is -0.223. The minimum Gasteiger partial charge on any atom is -0.369 e. The minimum absolute atomic E-state index is 0.0133. The molecule has 29 heavy (non-hydrogen) atoms. The number of hydrogen-bond acceptors (Lipinski definition) is 5. The molecule has 152 valence electrons. The molecule has 4 rings (SSSR count). The molecule has 3 heterocycles. The van der Waals surface area contributed by atoms with Gasteiger partial charge in [0.15, 0.2) is 0 Å². The first-order valence-corrected chi connectivity index (χ1v) is 11.5. The SMILES string of the molecule is C[C@H](NC(=O)c1cccs1)[C@H](c1cccs1)N1CCN(c2ccc(F)cc2)CC1. The monoisotopic (exact) mass is 429 g/mol. The van der Waals surface area contributed by atoms with Crippen molar-refractivity contribution < 1.29 is 9.18 Å². The zero-order chi connectivity index (χ0) is 20.2. The van der Waals surface area contributed by atoms with Crippen molar-refractivity contribution in [3.8, 4) is 0 Å². The lowest BCUT2D eigenvalue weighted by atomic mass is 10.0. The average molecular weight is 430 g/mol. The topological polar surface area (TPSA) is 35.6 Å². The van der Waals surface area contributed by atoms with Crippen LogP contribution in [0.15, 0.2) is 59.3 Å². The highest BCUT2D eigenvalue weighted by atomic mass is 32.1. The van der Waals surface area contributed by atoms with Crippen LogP contribution in [0.2, 0.25) is 0 Å². The largest absolute Gasteiger partial charge is 0.369 e. The third-order valence-corrected chi connectivity index (χ3v) is 7.12. The molecule has 1 amide bonds. The Morgan fingerprint density at radius 3 is 2.31 bits per heavy atom. The number of rotatable bonds is 6. The zero-order valence-corrected chi connectivity index (χ0v) is 17.9. The van der Waals surface area contributed by atoms with E-state index in [1.54, 1.807) is 11.3 Å². The van der Waals surface area contributed by atoms with Crippen LogP contribution in [0.1, 0.15) is 27.5 Å². The standard InChI is InChI=1S/C22H24FN3OS2/c1-16(24-22(27)20-5-3-15-29-20)21(19-4-2-14-28-19)26-12-10-25(11-13-26)18-8-6-17(23)7-9-18/h2-9,14-16,21H,10-13H2,1H3,(H,24,27)/t16-,21+/m0/s1. The van der Waals surface area contributed by atoms with E-state index < -0.39 is 0 Å². The second-order valence-electron chi connectivity index (χ2n) is 7.20. The molecule has 1 fully saturated rings. The van der Waals surface area contributed by atoms with Crippen LogP contribution in [0, 0.1) is 5.82 Å². The van der Waals surface area contributed by atoms with Crippen molar-refractivity contribution in [1.82, 2.24) is 10.2 Å². The number of nitrogens with one attached hydrogen (secondary N) is 1. The smallest absolute Gasteiger partial charge is 0.261 e. The summed E-state index contributed by atoms with van der Waals surface area (Å²) in [5, 5.41) is 7.21. The molecule has 1 saturated heterocycles. The van der Waals surface area contributed by atoms with Gasteiger partial charge in [0.1, 0.15) is 5.82 Å². The van der Waals surface area contributed by atoms with Crippen LogP contribution in [0.25, 0.3) is 0 Å². The molecule has 2 atom stereocenters. The predicted octanol–water partition coefficient (Wildman–Crippen LogP) is 4.63. The Labute approximate surface area is 178 Å². The van der Waals surface area contributed by atoms with Crippen LogP contribution in [-0.2, 0) is 0 Å². The second kappa shape index (κ2) is 9.07. The number of carbonyl (C=O) groups is 1. The lowest BCUT2D eigenvalue weighted by molar-refractivity contribution is 0.0894. The normalized spacial score (nSPS) is 17.1. The van der Waals surface area contributed by atoms with E-state index in [-0.39, 0.29) is 23.8 Å². The molecule has 1 aromatic carbocycles. The van der Waals surface area contributed by atoms with Gasteiger partial charge in [0, 0.05) is 42.8 Å². The second-order valence-corrected chi connectivity index (χ2v) is 9.13. The minimum atomic E-state index is -0.208. The summed E-state index contributed by atoms with van der Waals surface area (Å²) < 4.78 is 13.2. The molecule has 0 spiro atoms. The van der Waals surface area contributed by atoms with E-state index in [0.717, 1.165) is 36.7 Å². The lowest BCUT2D eigenvalue weighted by Crippen LogP contribution is -2.52. The summed E-state index contributed by atoms with van der Waals surface area (Å²) in [7, 11) is 0. The Bertz CT molecular complexity index is 904. The number of carbonyl (C=O) groups excluding carboxylic acids is 1. The summed E-state index contributed by atoms with van der Waals surface area (Å²) in [4.78, 5) is 19.3. The Kier molecular flexibility index (Phi) is 6.28. The summed E-state index contributed by atoms with van der Waals surface area (Å²) >= 11 is 3.19. The first-order chi connectivity index (χ1) is 14.1. The maximum absolute atomic E-state index is 13.2. The van der Waals surface area contributed by atoms with Crippen molar-refractivity contribution in [2.75, 3.05) is 31.1 Å². The van der Waals surface area contributed by atoms with E-state index in [9.17, 15) is 9.18 Å². The molecule has 1 N–H and O–H groups in total. The van der Waals surface area contributed by atoms with Crippen LogP contribution in [0.5, 0.6) is 0 Å². The zero-order valence-electron chi connectivity index (χ0n) is 16.3. The molecule has 4 nitrogen and oxygen atoms in total. The molecule has 3 aromatic rings. The summed E-state index contributed by atoms with van der Waals surface area (Å²) in [6.07, 6.45) is 0. The van der Waals surface area contributed by atoms with Crippen molar-refractivity contribution in [2.45, 2.75) is 19.0 Å². The third-order valence-electron chi connectivity index (χ3n) is 5.31. The number of hydrogen-bond donors (Lipinski definition) is 1. The molecule has 7 heteroatoms. The summed E-state index contributed by atoms with van der Waals surface area (Å²) in [5.41, 5.74) is 1.05. The molecule has 0 radical (unpaired) electrons. The molecule has 1 aliphatic rings. The van der Waals surface area contributed by atoms with E-state index in [4.69, 9.17) is 0 Å². The summed E-state index contributed by atoms with van der Waals surface area (Å²) in [6, 6.07) is 14.8. The Hall–Kier alpha value is -2.22. The van der Waals surface area contributed by atoms with E-state index in [0.29, 0.717) is 0 Å². The van der Waals surface area contributed by atoms with Gasteiger partial charge in [-0.1, -0.05) is 12.1 Å². The van der Waals surface area contributed by atoms with Gasteiger partial charge in [-0.3, -0.25) is 9.69 Å². The van der Waals surface area contributed by atoms with E-state index in [2.05, 4.69) is 39.6 Å². The van der Waals surface area contributed by atoms with Gasteiger partial charge < -0.3 is 10.2 Å². The number of thiophene rings is 2. The van der Waals surface area contributed by atoms with Crippen molar-refractivity contribution in [1.29, 1.82) is 0 Å². The van der Waals surface area contributed by atoms with Crippen LogP contribution in [-0.4, -0.2) is 43.0 Å². The van der Waals surface area contributed by atoms with Crippen molar-refractivity contribution in [2.24, 2.45) is 0 Å². The van der Waals surface area contributed by atoms with Gasteiger partial charge in [0.25, 0.3) is 5.91 Å². The average Bonchev–Trinajstić information content (AvgIpc) is 3.44. The van der Waals surface area contributed by atoms with Gasteiger partial charge in [-0.15, -0.1) is 22.7 Å². The number of amides is 1. The van der Waals surface area contributed by atoms with Crippen LogP contribution in [0.4, 0.5) is 10.1 Å². The molecule has 2 aromatic heterocycles. The van der Waals surface area contributed by atoms with Crippen LogP contribution < -0.4 is 10.2 Å². The maximum Gasteiger partial charge on any atom is 0.261 e. The molecular weight excluding hydrogens is 405 g/mol. The van der Waals surface area contributed by atoms with Crippen LogP contribution in [0.3, 0.4) is 0 Å². The van der Waals surface area contributed by atoms with E-state index in [1.807, 2.05) is 29.6 Å². The highest BCUT2D eigenvalue weighted by Gasteiger charge is 2.31. The number of halogens is 1. The number of benzene rings is 1. The maximum atomic E-state index is 13.2. The highest BCUT2D eigenvalue weighted by molar-refractivity contribution is 7.12. The van der Waals surface area contributed by atoms with Crippen LogP contribution >= 0.6 is 22.7 Å². The van der Waals surface area contributed by atoms with Gasteiger partial charge in [-0.25, -0.2) is 4.39 Å². The highest BCUT2D eigenvalue weighted by Crippen LogP contribution is 2.30.